The molecule has 3 N–H and O–H groups in total. The van der Waals surface area contributed by atoms with Gasteiger partial charge in [0.25, 0.3) is 0 Å². The van der Waals surface area contributed by atoms with Crippen LogP contribution in [0, 0.1) is 5.53 Å². The first-order valence-corrected chi connectivity index (χ1v) is 6.91. The zero-order chi connectivity index (χ0) is 15.8. The molecule has 1 heterocycles. The van der Waals surface area contributed by atoms with Gasteiger partial charge in [0.1, 0.15) is 11.9 Å². The van der Waals surface area contributed by atoms with E-state index in [9.17, 15) is 4.79 Å². The molecule has 0 amide bonds. The lowest BCUT2D eigenvalue weighted by Gasteiger charge is -2.04. The number of allylic oxidation sites excluding steroid dienone is 1. The summed E-state index contributed by atoms with van der Waals surface area (Å²) in [7, 11) is 0. The van der Waals surface area contributed by atoms with E-state index in [2.05, 4.69) is 20.1 Å². The van der Waals surface area contributed by atoms with Crippen molar-refractivity contribution in [2.75, 3.05) is 6.54 Å². The Morgan fingerprint density at radius 3 is 3.00 bits per heavy atom. The highest BCUT2D eigenvalue weighted by Gasteiger charge is 2.13. The SMILES string of the molecule is N=NCCCC(N=C/C=C/c1nc2ccccc2[nH]1)C(=O)O. The highest BCUT2D eigenvalue weighted by Crippen LogP contribution is 2.10. The van der Waals surface area contributed by atoms with Gasteiger partial charge in [0, 0.05) is 6.21 Å². The lowest BCUT2D eigenvalue weighted by atomic mass is 10.1. The average molecular weight is 299 g/mol. The van der Waals surface area contributed by atoms with Gasteiger partial charge in [0.15, 0.2) is 0 Å². The number of carboxylic acids is 1. The van der Waals surface area contributed by atoms with E-state index in [1.807, 2.05) is 24.3 Å². The third-order valence-corrected chi connectivity index (χ3v) is 3.05. The van der Waals surface area contributed by atoms with Gasteiger partial charge in [0.05, 0.1) is 17.6 Å². The van der Waals surface area contributed by atoms with Crippen LogP contribution >= 0.6 is 0 Å². The first-order chi connectivity index (χ1) is 10.7. The number of H-pyrrole nitrogens is 1. The van der Waals surface area contributed by atoms with Crippen LogP contribution in [0.25, 0.3) is 17.1 Å². The summed E-state index contributed by atoms with van der Waals surface area (Å²) in [6, 6.07) is 6.89. The lowest BCUT2D eigenvalue weighted by molar-refractivity contribution is -0.138. The summed E-state index contributed by atoms with van der Waals surface area (Å²) >= 11 is 0. The molecule has 0 saturated carbocycles. The molecule has 1 aromatic heterocycles. The van der Waals surface area contributed by atoms with Crippen LogP contribution < -0.4 is 0 Å². The summed E-state index contributed by atoms with van der Waals surface area (Å²) in [5, 5.41) is 12.3. The fourth-order valence-corrected chi connectivity index (χ4v) is 1.96. The third-order valence-electron chi connectivity index (χ3n) is 3.05. The number of benzene rings is 1. The predicted molar refractivity (Wildman–Crippen MR) is 84.3 cm³/mol. The van der Waals surface area contributed by atoms with E-state index in [1.54, 1.807) is 12.2 Å². The van der Waals surface area contributed by atoms with E-state index in [1.165, 1.54) is 6.21 Å². The number of hydrogen-bond acceptors (Lipinski definition) is 5. The Morgan fingerprint density at radius 1 is 1.45 bits per heavy atom. The number of nitrogens with one attached hydrogen (secondary N) is 2. The molecule has 0 fully saturated rings. The first-order valence-electron chi connectivity index (χ1n) is 6.91. The topological polar surface area (TPSA) is 115 Å². The molecule has 0 aliphatic carbocycles. The Bertz CT molecular complexity index is 672. The van der Waals surface area contributed by atoms with Crippen molar-refractivity contribution in [1.29, 1.82) is 5.53 Å². The van der Waals surface area contributed by atoms with Crippen molar-refractivity contribution in [2.24, 2.45) is 10.1 Å². The van der Waals surface area contributed by atoms with E-state index < -0.39 is 12.0 Å². The Kier molecular flexibility index (Phi) is 5.53. The lowest BCUT2D eigenvalue weighted by Crippen LogP contribution is -2.18. The van der Waals surface area contributed by atoms with Crippen molar-refractivity contribution < 1.29 is 9.90 Å². The molecule has 2 aromatic rings. The van der Waals surface area contributed by atoms with Gasteiger partial charge in [-0.3, -0.25) is 4.99 Å². The van der Waals surface area contributed by atoms with E-state index in [0.717, 1.165) is 11.0 Å². The summed E-state index contributed by atoms with van der Waals surface area (Å²) in [4.78, 5) is 22.6. The molecule has 22 heavy (non-hydrogen) atoms. The minimum atomic E-state index is -0.974. The molecular weight excluding hydrogens is 282 g/mol. The van der Waals surface area contributed by atoms with Crippen LogP contribution in [0.3, 0.4) is 0 Å². The molecule has 0 aliphatic rings. The van der Waals surface area contributed by atoms with Gasteiger partial charge in [-0.1, -0.05) is 12.1 Å². The number of para-hydroxylation sites is 2. The Balaban J connectivity index is 1.96. The van der Waals surface area contributed by atoms with Gasteiger partial charge < -0.3 is 10.1 Å². The molecule has 7 nitrogen and oxygen atoms in total. The third kappa shape index (κ3) is 4.34. The summed E-state index contributed by atoms with van der Waals surface area (Å²) in [6.45, 7) is 0.328. The van der Waals surface area contributed by atoms with E-state index >= 15 is 0 Å². The molecule has 0 radical (unpaired) electrons. The summed E-state index contributed by atoms with van der Waals surface area (Å²) < 4.78 is 0. The van der Waals surface area contributed by atoms with Gasteiger partial charge in [-0.25, -0.2) is 15.3 Å². The Labute approximate surface area is 127 Å². The van der Waals surface area contributed by atoms with Gasteiger partial charge in [-0.05, 0) is 37.1 Å². The van der Waals surface area contributed by atoms with Crippen LogP contribution in [0.5, 0.6) is 0 Å². The number of hydrogen-bond donors (Lipinski definition) is 3. The number of aliphatic imine (C=N–C) groups is 1. The maximum atomic E-state index is 11.0. The molecule has 0 saturated heterocycles. The summed E-state index contributed by atoms with van der Waals surface area (Å²) in [6.07, 6.45) is 5.76. The van der Waals surface area contributed by atoms with Crippen LogP contribution in [0.4, 0.5) is 0 Å². The van der Waals surface area contributed by atoms with Crippen molar-refractivity contribution >= 4 is 29.3 Å². The second kappa shape index (κ2) is 7.82. The van der Waals surface area contributed by atoms with Crippen LogP contribution in [0.2, 0.25) is 0 Å². The number of aliphatic carboxylic acids is 1. The molecule has 114 valence electrons. The smallest absolute Gasteiger partial charge is 0.328 e. The molecule has 1 unspecified atom stereocenters. The number of carboxylic acid groups (broad SMARTS) is 1. The molecule has 0 bridgehead atoms. The number of carbonyl (C=O) groups is 1. The molecule has 7 heteroatoms. The van der Waals surface area contributed by atoms with Crippen molar-refractivity contribution in [3.63, 3.8) is 0 Å². The van der Waals surface area contributed by atoms with Crippen LogP contribution in [-0.2, 0) is 4.79 Å². The number of rotatable bonds is 8. The van der Waals surface area contributed by atoms with Gasteiger partial charge in [-0.2, -0.15) is 5.11 Å². The fraction of sp³-hybridized carbons (Fsp3) is 0.267. The van der Waals surface area contributed by atoms with Crippen LogP contribution in [-0.4, -0.2) is 39.8 Å². The number of aromatic nitrogens is 2. The molecule has 1 atom stereocenters. The van der Waals surface area contributed by atoms with Crippen LogP contribution in [0.15, 0.2) is 40.4 Å². The van der Waals surface area contributed by atoms with Crippen molar-refractivity contribution in [3.05, 3.63) is 36.2 Å². The van der Waals surface area contributed by atoms with Gasteiger partial charge in [0.2, 0.25) is 0 Å². The highest BCUT2D eigenvalue weighted by molar-refractivity contribution is 5.83. The number of fused-ring (bicyclic) bond motifs is 1. The van der Waals surface area contributed by atoms with Crippen molar-refractivity contribution in [2.45, 2.75) is 18.9 Å². The van der Waals surface area contributed by atoms with Crippen molar-refractivity contribution in [3.8, 4) is 0 Å². The standard InChI is InChI=1S/C15H17N5O2/c16-18-10-3-7-13(15(21)22)17-9-4-8-14-19-11-5-1-2-6-12(11)20-14/h1-2,4-6,8-9,13,16H,3,7,10H2,(H,19,20)(H,21,22)/b8-4+,17-9?,18-16?. The molecular formula is C15H17N5O2. The average Bonchev–Trinajstić information content (AvgIpc) is 2.92. The number of aromatic amines is 1. The summed E-state index contributed by atoms with van der Waals surface area (Å²) in [5.41, 5.74) is 8.50. The number of imidazole rings is 1. The molecule has 0 aliphatic heterocycles. The van der Waals surface area contributed by atoms with E-state index in [4.69, 9.17) is 10.6 Å². The molecule has 0 spiro atoms. The maximum absolute atomic E-state index is 11.0. The second-order valence-corrected chi connectivity index (χ2v) is 4.67. The maximum Gasteiger partial charge on any atom is 0.328 e. The molecule has 2 rings (SSSR count). The second-order valence-electron chi connectivity index (χ2n) is 4.67. The minimum Gasteiger partial charge on any atom is -0.480 e. The minimum absolute atomic E-state index is 0.328. The zero-order valence-corrected chi connectivity index (χ0v) is 11.9. The first kappa shape index (κ1) is 15.6. The van der Waals surface area contributed by atoms with E-state index in [0.29, 0.717) is 25.2 Å². The highest BCUT2D eigenvalue weighted by atomic mass is 16.4. The summed E-state index contributed by atoms with van der Waals surface area (Å²) in [5.74, 6) is -0.286. The zero-order valence-electron chi connectivity index (χ0n) is 11.9. The van der Waals surface area contributed by atoms with Gasteiger partial charge >= 0.3 is 5.97 Å². The quantitative estimate of drug-likeness (QED) is 0.395. The van der Waals surface area contributed by atoms with Gasteiger partial charge in [-0.15, -0.1) is 0 Å². The number of nitrogens with zero attached hydrogens (tertiary/aromatic N) is 3. The Hall–Kier alpha value is -2.83. The van der Waals surface area contributed by atoms with Crippen molar-refractivity contribution in [1.82, 2.24) is 9.97 Å². The van der Waals surface area contributed by atoms with Crippen LogP contribution in [0.1, 0.15) is 18.7 Å². The molecule has 1 aromatic carbocycles. The largest absolute Gasteiger partial charge is 0.480 e. The predicted octanol–water partition coefficient (Wildman–Crippen LogP) is 2.91. The van der Waals surface area contributed by atoms with E-state index in [-0.39, 0.29) is 0 Å². The monoisotopic (exact) mass is 299 g/mol. The normalized spacial score (nSPS) is 13.1. The fourth-order valence-electron chi connectivity index (χ4n) is 1.96. The Morgan fingerprint density at radius 2 is 2.27 bits per heavy atom.